The maximum Gasteiger partial charge on any atom is -0.00730 e. The van der Waals surface area contributed by atoms with Gasteiger partial charge in [0.05, 0.1) is 0 Å². The van der Waals surface area contributed by atoms with Crippen molar-refractivity contribution in [3.63, 3.8) is 0 Å². The smallest absolute Gasteiger partial charge is 0.00730 e. The Kier molecular flexibility index (Phi) is 2.33. The van der Waals surface area contributed by atoms with Gasteiger partial charge in [-0.1, -0.05) is 23.8 Å². The van der Waals surface area contributed by atoms with Gasteiger partial charge in [-0.25, -0.2) is 0 Å². The zero-order valence-corrected chi connectivity index (χ0v) is 7.70. The van der Waals surface area contributed by atoms with Crippen molar-refractivity contribution >= 4 is 0 Å². The number of hydrogen-bond acceptors (Lipinski definition) is 0. The summed E-state index contributed by atoms with van der Waals surface area (Å²) in [5.41, 5.74) is 5.73. The molecule has 0 aliphatic heterocycles. The van der Waals surface area contributed by atoms with Gasteiger partial charge in [0.1, 0.15) is 0 Å². The molecule has 0 N–H and O–H groups in total. The van der Waals surface area contributed by atoms with E-state index < -0.39 is 0 Å². The average Bonchev–Trinajstić information content (AvgIpc) is 2.18. The molecule has 0 heteroatoms. The summed E-state index contributed by atoms with van der Waals surface area (Å²) in [4.78, 5) is 0. The lowest BCUT2D eigenvalue weighted by atomic mass is 10.0. The van der Waals surface area contributed by atoms with Crippen LogP contribution in [0.2, 0.25) is 0 Å². The molecule has 0 aromatic carbocycles. The van der Waals surface area contributed by atoms with Gasteiger partial charge in [-0.2, -0.15) is 0 Å². The van der Waals surface area contributed by atoms with Crippen LogP contribution in [0.15, 0.2) is 34.9 Å². The molecule has 0 unspecified atom stereocenters. The molecule has 0 spiro atoms. The summed E-state index contributed by atoms with van der Waals surface area (Å²) in [6.45, 7) is 10.4. The van der Waals surface area contributed by atoms with E-state index in [1.807, 2.05) is 0 Å². The SMILES string of the molecule is C=C(C)CC1=CCC(C)=C1C. The van der Waals surface area contributed by atoms with Gasteiger partial charge in [0.2, 0.25) is 0 Å². The van der Waals surface area contributed by atoms with Crippen molar-refractivity contribution in [2.75, 3.05) is 0 Å². The molecule has 0 amide bonds. The molecule has 0 saturated carbocycles. The summed E-state index contributed by atoms with van der Waals surface area (Å²) >= 11 is 0. The lowest BCUT2D eigenvalue weighted by Gasteiger charge is -2.03. The van der Waals surface area contributed by atoms with Crippen molar-refractivity contribution in [2.24, 2.45) is 0 Å². The Morgan fingerprint density at radius 3 is 2.55 bits per heavy atom. The molecule has 0 nitrogen and oxygen atoms in total. The van der Waals surface area contributed by atoms with Crippen molar-refractivity contribution in [1.29, 1.82) is 0 Å². The van der Waals surface area contributed by atoms with Gasteiger partial charge in [0.25, 0.3) is 0 Å². The van der Waals surface area contributed by atoms with E-state index in [9.17, 15) is 0 Å². The summed E-state index contributed by atoms with van der Waals surface area (Å²) in [7, 11) is 0. The first-order valence-corrected chi connectivity index (χ1v) is 4.11. The molecular weight excluding hydrogens is 132 g/mol. The molecule has 0 aromatic rings. The molecule has 1 aliphatic carbocycles. The van der Waals surface area contributed by atoms with Gasteiger partial charge >= 0.3 is 0 Å². The van der Waals surface area contributed by atoms with E-state index in [-0.39, 0.29) is 0 Å². The van der Waals surface area contributed by atoms with Crippen LogP contribution in [0, 0.1) is 0 Å². The van der Waals surface area contributed by atoms with Gasteiger partial charge < -0.3 is 0 Å². The fourth-order valence-corrected chi connectivity index (χ4v) is 1.39. The van der Waals surface area contributed by atoms with E-state index >= 15 is 0 Å². The van der Waals surface area contributed by atoms with E-state index in [1.54, 1.807) is 0 Å². The quantitative estimate of drug-likeness (QED) is 0.525. The molecule has 1 aliphatic rings. The van der Waals surface area contributed by atoms with Gasteiger partial charge in [0.15, 0.2) is 0 Å². The Morgan fingerprint density at radius 2 is 2.18 bits per heavy atom. The second-order valence-electron chi connectivity index (χ2n) is 3.47. The minimum Gasteiger partial charge on any atom is -0.0998 e. The van der Waals surface area contributed by atoms with Crippen LogP contribution in [-0.2, 0) is 0 Å². The van der Waals surface area contributed by atoms with E-state index in [0.717, 1.165) is 12.8 Å². The number of hydrogen-bond donors (Lipinski definition) is 0. The van der Waals surface area contributed by atoms with Crippen LogP contribution < -0.4 is 0 Å². The van der Waals surface area contributed by atoms with Gasteiger partial charge in [0, 0.05) is 0 Å². The van der Waals surface area contributed by atoms with Crippen molar-refractivity contribution in [3.8, 4) is 0 Å². The molecule has 60 valence electrons. The fourth-order valence-electron chi connectivity index (χ4n) is 1.39. The van der Waals surface area contributed by atoms with Crippen molar-refractivity contribution in [3.05, 3.63) is 34.9 Å². The minimum atomic E-state index is 1.06. The third-order valence-electron chi connectivity index (χ3n) is 2.27. The van der Waals surface area contributed by atoms with Crippen molar-refractivity contribution in [2.45, 2.75) is 33.6 Å². The Hall–Kier alpha value is -0.780. The first-order valence-electron chi connectivity index (χ1n) is 4.11. The lowest BCUT2D eigenvalue weighted by Crippen LogP contribution is -1.83. The normalized spacial score (nSPS) is 17.2. The summed E-state index contributed by atoms with van der Waals surface area (Å²) in [5.74, 6) is 0. The fraction of sp³-hybridized carbons (Fsp3) is 0.455. The zero-order valence-electron chi connectivity index (χ0n) is 7.70. The highest BCUT2D eigenvalue weighted by atomic mass is 14.1. The summed E-state index contributed by atoms with van der Waals surface area (Å²) in [5, 5.41) is 0. The van der Waals surface area contributed by atoms with E-state index in [0.29, 0.717) is 0 Å². The summed E-state index contributed by atoms with van der Waals surface area (Å²) in [6.07, 6.45) is 4.52. The lowest BCUT2D eigenvalue weighted by molar-refractivity contribution is 1.12. The third-order valence-corrected chi connectivity index (χ3v) is 2.27. The Labute approximate surface area is 69.3 Å². The van der Waals surface area contributed by atoms with Crippen LogP contribution in [-0.4, -0.2) is 0 Å². The molecule has 1 rings (SSSR count). The first kappa shape index (κ1) is 8.32. The maximum atomic E-state index is 3.91. The topological polar surface area (TPSA) is 0 Å². The highest BCUT2D eigenvalue weighted by Crippen LogP contribution is 2.29. The zero-order chi connectivity index (χ0) is 8.43. The second-order valence-corrected chi connectivity index (χ2v) is 3.47. The molecular formula is C11H16. The minimum absolute atomic E-state index is 1.06. The predicted octanol–water partition coefficient (Wildman–Crippen LogP) is 3.62. The van der Waals surface area contributed by atoms with E-state index in [1.165, 1.54) is 22.3 Å². The maximum absolute atomic E-state index is 3.91. The Morgan fingerprint density at radius 1 is 1.55 bits per heavy atom. The highest BCUT2D eigenvalue weighted by molar-refractivity contribution is 5.41. The Balaban J connectivity index is 2.69. The average molecular weight is 148 g/mol. The van der Waals surface area contributed by atoms with Crippen LogP contribution in [0.25, 0.3) is 0 Å². The van der Waals surface area contributed by atoms with E-state index in [2.05, 4.69) is 33.4 Å². The number of rotatable bonds is 2. The van der Waals surface area contributed by atoms with Gasteiger partial charge in [-0.15, -0.1) is 0 Å². The largest absolute Gasteiger partial charge is 0.0998 e. The highest BCUT2D eigenvalue weighted by Gasteiger charge is 2.09. The van der Waals surface area contributed by atoms with Crippen LogP contribution in [0.1, 0.15) is 33.6 Å². The van der Waals surface area contributed by atoms with Crippen LogP contribution in [0.5, 0.6) is 0 Å². The monoisotopic (exact) mass is 148 g/mol. The van der Waals surface area contributed by atoms with Crippen molar-refractivity contribution in [1.82, 2.24) is 0 Å². The van der Waals surface area contributed by atoms with Crippen LogP contribution >= 0.6 is 0 Å². The third kappa shape index (κ3) is 1.83. The molecule has 0 atom stereocenters. The molecule has 0 fully saturated rings. The number of allylic oxidation sites excluding steroid dienone is 5. The van der Waals surface area contributed by atoms with Crippen LogP contribution in [0.4, 0.5) is 0 Å². The standard InChI is InChI=1S/C11H16/c1-8(2)7-11-6-5-9(3)10(11)4/h6H,1,5,7H2,2-4H3. The second kappa shape index (κ2) is 3.08. The van der Waals surface area contributed by atoms with Crippen LogP contribution in [0.3, 0.4) is 0 Å². The van der Waals surface area contributed by atoms with Crippen molar-refractivity contribution < 1.29 is 0 Å². The first-order chi connectivity index (χ1) is 5.11. The summed E-state index contributed by atoms with van der Waals surface area (Å²) in [6, 6.07) is 0. The molecule has 0 radical (unpaired) electrons. The predicted molar refractivity (Wildman–Crippen MR) is 50.5 cm³/mol. The summed E-state index contributed by atoms with van der Waals surface area (Å²) < 4.78 is 0. The Bertz CT molecular complexity index is 239. The van der Waals surface area contributed by atoms with Gasteiger partial charge in [-0.05, 0) is 44.8 Å². The molecule has 0 bridgehead atoms. The van der Waals surface area contributed by atoms with Gasteiger partial charge in [-0.3, -0.25) is 0 Å². The molecule has 0 aromatic heterocycles. The molecule has 0 saturated heterocycles. The molecule has 0 heterocycles. The molecule has 11 heavy (non-hydrogen) atoms. The van der Waals surface area contributed by atoms with E-state index in [4.69, 9.17) is 0 Å².